The number of benzene rings is 1. The van der Waals surface area contributed by atoms with Crippen molar-refractivity contribution in [1.29, 1.82) is 0 Å². The minimum atomic E-state index is -3.46. The second-order valence-electron chi connectivity index (χ2n) is 6.07. The number of rotatable bonds is 6. The van der Waals surface area contributed by atoms with E-state index in [-0.39, 0.29) is 29.7 Å². The van der Waals surface area contributed by atoms with Gasteiger partial charge in [-0.2, -0.15) is 0 Å². The van der Waals surface area contributed by atoms with E-state index in [4.69, 9.17) is 5.11 Å². The van der Waals surface area contributed by atoms with Crippen LogP contribution in [0.1, 0.15) is 18.9 Å². The monoisotopic (exact) mass is 354 g/mol. The van der Waals surface area contributed by atoms with Gasteiger partial charge in [0.25, 0.3) is 0 Å². The molecule has 1 heterocycles. The van der Waals surface area contributed by atoms with Crippen LogP contribution in [0.4, 0.5) is 0 Å². The van der Waals surface area contributed by atoms with E-state index in [1.165, 1.54) is 19.2 Å². The van der Waals surface area contributed by atoms with E-state index < -0.39 is 21.9 Å². The fraction of sp³-hybridized carbons (Fsp3) is 0.500. The number of aryl methyl sites for hydroxylation is 1. The van der Waals surface area contributed by atoms with Crippen molar-refractivity contribution >= 4 is 21.9 Å². The smallest absolute Gasteiger partial charge is 0.308 e. The van der Waals surface area contributed by atoms with Crippen LogP contribution >= 0.6 is 0 Å². The zero-order valence-electron chi connectivity index (χ0n) is 13.7. The van der Waals surface area contributed by atoms with Gasteiger partial charge in [0.05, 0.1) is 10.8 Å². The maximum absolute atomic E-state index is 12.2. The Morgan fingerprint density at radius 2 is 1.88 bits per heavy atom. The molecule has 2 atom stereocenters. The van der Waals surface area contributed by atoms with E-state index in [2.05, 4.69) is 4.72 Å². The Bertz CT molecular complexity index is 714. The lowest BCUT2D eigenvalue weighted by molar-refractivity contribution is -0.142. The Morgan fingerprint density at radius 1 is 1.25 bits per heavy atom. The number of hydrogen-bond donors (Lipinski definition) is 2. The molecule has 0 aliphatic carbocycles. The van der Waals surface area contributed by atoms with Crippen molar-refractivity contribution in [2.75, 3.05) is 20.1 Å². The van der Waals surface area contributed by atoms with E-state index in [1.807, 2.05) is 6.92 Å². The van der Waals surface area contributed by atoms with Crippen molar-refractivity contribution < 1.29 is 23.1 Å². The Kier molecular flexibility index (Phi) is 5.61. The Morgan fingerprint density at radius 3 is 2.38 bits per heavy atom. The summed E-state index contributed by atoms with van der Waals surface area (Å²) < 4.78 is 25.5. The molecule has 0 saturated carbocycles. The van der Waals surface area contributed by atoms with Crippen LogP contribution in [0, 0.1) is 11.8 Å². The summed E-state index contributed by atoms with van der Waals surface area (Å²) in [5, 5.41) is 9.11. The molecule has 0 bridgehead atoms. The van der Waals surface area contributed by atoms with Crippen LogP contribution in [0.3, 0.4) is 0 Å². The minimum Gasteiger partial charge on any atom is -0.481 e. The minimum absolute atomic E-state index is 0.0440. The second kappa shape index (κ2) is 7.31. The standard InChI is InChI=1S/C16H22N2O5S/c1-11-9-18(10-14(11)16(20)21)15(19)8-5-12-3-6-13(7-4-12)24(22,23)17-2/h3-4,6-7,11,14,17H,5,8-10H2,1-2H3,(H,20,21)/t11-,14-/m1/s1. The zero-order chi connectivity index (χ0) is 17.9. The largest absolute Gasteiger partial charge is 0.481 e. The number of likely N-dealkylation sites (tertiary alicyclic amines) is 1. The highest BCUT2D eigenvalue weighted by Gasteiger charge is 2.36. The lowest BCUT2D eigenvalue weighted by Gasteiger charge is -2.15. The summed E-state index contributed by atoms with van der Waals surface area (Å²) in [6.45, 7) is 2.57. The third-order valence-electron chi connectivity index (χ3n) is 4.41. The third kappa shape index (κ3) is 4.12. The molecule has 1 aromatic carbocycles. The van der Waals surface area contributed by atoms with Gasteiger partial charge < -0.3 is 10.0 Å². The number of carbonyl (C=O) groups excluding carboxylic acids is 1. The zero-order valence-corrected chi connectivity index (χ0v) is 14.5. The number of sulfonamides is 1. The van der Waals surface area contributed by atoms with Gasteiger partial charge in [-0.3, -0.25) is 9.59 Å². The molecule has 1 saturated heterocycles. The molecule has 1 amide bonds. The summed E-state index contributed by atoms with van der Waals surface area (Å²) in [6.07, 6.45) is 0.762. The molecular formula is C16H22N2O5S. The van der Waals surface area contributed by atoms with E-state index in [0.717, 1.165) is 5.56 Å². The van der Waals surface area contributed by atoms with E-state index >= 15 is 0 Å². The van der Waals surface area contributed by atoms with Crippen LogP contribution in [0.5, 0.6) is 0 Å². The maximum atomic E-state index is 12.2. The first-order valence-electron chi connectivity index (χ1n) is 7.77. The first-order valence-corrected chi connectivity index (χ1v) is 9.26. The van der Waals surface area contributed by atoms with Crippen LogP contribution in [0.2, 0.25) is 0 Å². The van der Waals surface area contributed by atoms with Crippen molar-refractivity contribution in [2.45, 2.75) is 24.7 Å². The number of carbonyl (C=O) groups is 2. The molecular weight excluding hydrogens is 332 g/mol. The molecule has 24 heavy (non-hydrogen) atoms. The second-order valence-corrected chi connectivity index (χ2v) is 7.96. The summed E-state index contributed by atoms with van der Waals surface area (Å²) in [5.74, 6) is -1.48. The normalized spacial score (nSPS) is 21.0. The SMILES string of the molecule is CNS(=O)(=O)c1ccc(CCC(=O)N2C[C@@H](C)[C@H](C(=O)O)C2)cc1. The average Bonchev–Trinajstić information content (AvgIpc) is 2.95. The lowest BCUT2D eigenvalue weighted by atomic mass is 9.99. The molecule has 1 aliphatic rings. The average molecular weight is 354 g/mol. The number of nitrogens with zero attached hydrogens (tertiary/aromatic N) is 1. The number of aliphatic carboxylic acids is 1. The van der Waals surface area contributed by atoms with Crippen LogP contribution in [0.15, 0.2) is 29.2 Å². The number of carboxylic acid groups (broad SMARTS) is 1. The number of carboxylic acids is 1. The summed E-state index contributed by atoms with van der Waals surface area (Å²) in [7, 11) is -2.11. The van der Waals surface area contributed by atoms with Gasteiger partial charge in [-0.1, -0.05) is 19.1 Å². The van der Waals surface area contributed by atoms with Crippen molar-refractivity contribution in [2.24, 2.45) is 11.8 Å². The molecule has 0 radical (unpaired) electrons. The van der Waals surface area contributed by atoms with Gasteiger partial charge in [0.15, 0.2) is 0 Å². The maximum Gasteiger partial charge on any atom is 0.308 e. The number of hydrogen-bond acceptors (Lipinski definition) is 4. The third-order valence-corrected chi connectivity index (χ3v) is 5.84. The van der Waals surface area contributed by atoms with Crippen LogP contribution in [0.25, 0.3) is 0 Å². The topological polar surface area (TPSA) is 104 Å². The van der Waals surface area contributed by atoms with E-state index in [0.29, 0.717) is 13.0 Å². The predicted octanol–water partition coefficient (Wildman–Crippen LogP) is 0.706. The molecule has 1 aromatic rings. The van der Waals surface area contributed by atoms with Gasteiger partial charge in [0.2, 0.25) is 15.9 Å². The first-order chi connectivity index (χ1) is 11.2. The molecule has 132 valence electrons. The Balaban J connectivity index is 1.92. The molecule has 0 spiro atoms. The Labute approximate surface area is 141 Å². The molecule has 1 aliphatic heterocycles. The summed E-state index contributed by atoms with van der Waals surface area (Å²) in [4.78, 5) is 25.1. The molecule has 0 aromatic heterocycles. The van der Waals surface area contributed by atoms with Crippen molar-refractivity contribution in [3.63, 3.8) is 0 Å². The van der Waals surface area contributed by atoms with Crippen LogP contribution in [-0.4, -0.2) is 50.4 Å². The van der Waals surface area contributed by atoms with Gasteiger partial charge in [-0.05, 0) is 37.1 Å². The van der Waals surface area contributed by atoms with E-state index in [1.54, 1.807) is 17.0 Å². The summed E-state index contributed by atoms with van der Waals surface area (Å²) in [6, 6.07) is 6.38. The van der Waals surface area contributed by atoms with Gasteiger partial charge >= 0.3 is 5.97 Å². The number of amides is 1. The molecule has 1 fully saturated rings. The molecule has 2 rings (SSSR count). The fourth-order valence-corrected chi connectivity index (χ4v) is 3.58. The van der Waals surface area contributed by atoms with Gasteiger partial charge in [-0.15, -0.1) is 0 Å². The lowest BCUT2D eigenvalue weighted by Crippen LogP contribution is -2.30. The van der Waals surface area contributed by atoms with E-state index in [9.17, 15) is 18.0 Å². The van der Waals surface area contributed by atoms with Crippen molar-refractivity contribution in [1.82, 2.24) is 9.62 Å². The Hall–Kier alpha value is -1.93. The van der Waals surface area contributed by atoms with Crippen LogP contribution in [-0.2, 0) is 26.0 Å². The quantitative estimate of drug-likeness (QED) is 0.783. The first kappa shape index (κ1) is 18.4. The summed E-state index contributed by atoms with van der Waals surface area (Å²) in [5.41, 5.74) is 0.862. The highest BCUT2D eigenvalue weighted by atomic mass is 32.2. The molecule has 8 heteroatoms. The van der Waals surface area contributed by atoms with Crippen LogP contribution < -0.4 is 4.72 Å². The van der Waals surface area contributed by atoms with Gasteiger partial charge in [0, 0.05) is 19.5 Å². The predicted molar refractivity (Wildman–Crippen MR) is 87.9 cm³/mol. The number of nitrogens with one attached hydrogen (secondary N) is 1. The highest BCUT2D eigenvalue weighted by Crippen LogP contribution is 2.24. The molecule has 0 unspecified atom stereocenters. The van der Waals surface area contributed by atoms with Crippen molar-refractivity contribution in [3.8, 4) is 0 Å². The summed E-state index contributed by atoms with van der Waals surface area (Å²) >= 11 is 0. The van der Waals surface area contributed by atoms with Gasteiger partial charge in [0.1, 0.15) is 0 Å². The van der Waals surface area contributed by atoms with Crippen molar-refractivity contribution in [3.05, 3.63) is 29.8 Å². The molecule has 7 nitrogen and oxygen atoms in total. The highest BCUT2D eigenvalue weighted by molar-refractivity contribution is 7.89. The van der Waals surface area contributed by atoms with Gasteiger partial charge in [-0.25, -0.2) is 13.1 Å². The molecule has 2 N–H and O–H groups in total. The fourth-order valence-electron chi connectivity index (χ4n) is 2.85.